The molecule has 2 fully saturated rings. The fourth-order valence-electron chi connectivity index (χ4n) is 4.24. The van der Waals surface area contributed by atoms with Gasteiger partial charge in [0.1, 0.15) is 5.69 Å². The third-order valence-corrected chi connectivity index (χ3v) is 5.53. The second-order valence-corrected chi connectivity index (χ2v) is 8.42. The molecule has 1 aromatic heterocycles. The van der Waals surface area contributed by atoms with Crippen LogP contribution in [0, 0.1) is 11.8 Å². The lowest BCUT2D eigenvalue weighted by Crippen LogP contribution is -2.39. The Morgan fingerprint density at radius 3 is 2.73 bits per heavy atom. The molecule has 1 atom stereocenters. The molecule has 6 heteroatoms. The number of nitrogens with one attached hydrogen (secondary N) is 1. The van der Waals surface area contributed by atoms with Gasteiger partial charge in [-0.2, -0.15) is 5.10 Å². The topological polar surface area (TPSA) is 67.2 Å². The van der Waals surface area contributed by atoms with Crippen molar-refractivity contribution in [2.24, 2.45) is 18.9 Å². The number of likely N-dealkylation sites (tertiary alicyclic amines) is 1. The van der Waals surface area contributed by atoms with E-state index in [0.29, 0.717) is 30.5 Å². The molecule has 144 valence electrons. The largest absolute Gasteiger partial charge is 0.346 e. The summed E-state index contributed by atoms with van der Waals surface area (Å²) in [6.07, 6.45) is 7.63. The van der Waals surface area contributed by atoms with Crippen molar-refractivity contribution in [1.82, 2.24) is 20.0 Å². The van der Waals surface area contributed by atoms with E-state index in [1.807, 2.05) is 11.0 Å². The molecule has 3 rings (SSSR count). The highest BCUT2D eigenvalue weighted by molar-refractivity contribution is 5.93. The monoisotopic (exact) mass is 360 g/mol. The number of aromatic nitrogens is 2. The van der Waals surface area contributed by atoms with Crippen LogP contribution in [0.1, 0.15) is 68.6 Å². The van der Waals surface area contributed by atoms with Crippen molar-refractivity contribution in [2.45, 2.75) is 64.8 Å². The van der Waals surface area contributed by atoms with Gasteiger partial charge in [0.2, 0.25) is 5.91 Å². The van der Waals surface area contributed by atoms with Gasteiger partial charge in [0.05, 0.1) is 11.7 Å². The van der Waals surface area contributed by atoms with E-state index in [1.54, 1.807) is 11.7 Å². The van der Waals surface area contributed by atoms with Crippen LogP contribution >= 0.6 is 0 Å². The van der Waals surface area contributed by atoms with Gasteiger partial charge in [-0.1, -0.05) is 33.1 Å². The van der Waals surface area contributed by atoms with Crippen molar-refractivity contribution in [3.8, 4) is 0 Å². The molecular formula is C20H32N4O2. The van der Waals surface area contributed by atoms with Crippen molar-refractivity contribution in [2.75, 3.05) is 13.1 Å². The number of hydrogen-bond acceptors (Lipinski definition) is 3. The average Bonchev–Trinajstić information content (AvgIpc) is 3.10. The summed E-state index contributed by atoms with van der Waals surface area (Å²) in [5.74, 6) is 1.18. The van der Waals surface area contributed by atoms with Gasteiger partial charge < -0.3 is 10.2 Å². The van der Waals surface area contributed by atoms with E-state index in [0.717, 1.165) is 18.7 Å². The number of nitrogens with zero attached hydrogens (tertiary/aromatic N) is 3. The highest BCUT2D eigenvalue weighted by Crippen LogP contribution is 2.26. The first-order valence-electron chi connectivity index (χ1n) is 10.0. The number of carbonyl (C=O) groups excluding carboxylic acids is 2. The van der Waals surface area contributed by atoms with Crippen LogP contribution in [-0.4, -0.2) is 45.6 Å². The lowest BCUT2D eigenvalue weighted by Gasteiger charge is -2.27. The predicted octanol–water partition coefficient (Wildman–Crippen LogP) is 2.53. The standard InChI is InChI=1S/C20H32N4O2/c1-14(2)9-16-10-18(23(3)22-16)20(26)21-17-11-19(25)24(13-17)12-15-7-5-4-6-8-15/h10,14-15,17H,4-9,11-13H2,1-3H3,(H,21,26)/t17-/m0/s1. The van der Waals surface area contributed by atoms with Gasteiger partial charge >= 0.3 is 0 Å². The summed E-state index contributed by atoms with van der Waals surface area (Å²) in [5.41, 5.74) is 1.51. The summed E-state index contributed by atoms with van der Waals surface area (Å²) >= 11 is 0. The van der Waals surface area contributed by atoms with Gasteiger partial charge in [0, 0.05) is 26.6 Å². The van der Waals surface area contributed by atoms with Gasteiger partial charge in [-0.3, -0.25) is 14.3 Å². The zero-order chi connectivity index (χ0) is 18.7. The SMILES string of the molecule is CC(C)Cc1cc(C(=O)N[C@H]2CC(=O)N(CC3CCCCC3)C2)n(C)n1. The first kappa shape index (κ1) is 18.9. The fourth-order valence-corrected chi connectivity index (χ4v) is 4.24. The van der Waals surface area contributed by atoms with E-state index in [9.17, 15) is 9.59 Å². The Kier molecular flexibility index (Phi) is 5.99. The molecule has 0 spiro atoms. The van der Waals surface area contributed by atoms with Gasteiger partial charge in [0.15, 0.2) is 0 Å². The predicted molar refractivity (Wildman–Crippen MR) is 101 cm³/mol. The second-order valence-electron chi connectivity index (χ2n) is 8.42. The van der Waals surface area contributed by atoms with Crippen LogP contribution in [0.15, 0.2) is 6.07 Å². The van der Waals surface area contributed by atoms with Crippen LogP contribution in [0.5, 0.6) is 0 Å². The van der Waals surface area contributed by atoms with Crippen molar-refractivity contribution in [3.05, 3.63) is 17.5 Å². The molecule has 1 aromatic rings. The lowest BCUT2D eigenvalue weighted by atomic mass is 9.89. The molecule has 0 radical (unpaired) electrons. The molecule has 1 aliphatic carbocycles. The highest BCUT2D eigenvalue weighted by atomic mass is 16.2. The van der Waals surface area contributed by atoms with Gasteiger partial charge in [-0.15, -0.1) is 0 Å². The Labute approximate surface area is 156 Å². The second kappa shape index (κ2) is 8.23. The Hall–Kier alpha value is -1.85. The molecule has 0 bridgehead atoms. The van der Waals surface area contributed by atoms with Crippen molar-refractivity contribution in [1.29, 1.82) is 0 Å². The van der Waals surface area contributed by atoms with E-state index in [-0.39, 0.29) is 17.9 Å². The molecule has 1 saturated carbocycles. The van der Waals surface area contributed by atoms with Crippen LogP contribution in [-0.2, 0) is 18.3 Å². The Bertz CT molecular complexity index is 646. The molecule has 1 aliphatic heterocycles. The molecule has 1 N–H and O–H groups in total. The van der Waals surface area contributed by atoms with Crippen molar-refractivity contribution < 1.29 is 9.59 Å². The quantitative estimate of drug-likeness (QED) is 0.848. The number of rotatable bonds is 6. The summed E-state index contributed by atoms with van der Waals surface area (Å²) in [5, 5.41) is 7.47. The molecule has 2 aliphatic rings. The van der Waals surface area contributed by atoms with Gasteiger partial charge in [0.25, 0.3) is 5.91 Å². The molecule has 1 saturated heterocycles. The summed E-state index contributed by atoms with van der Waals surface area (Å²) in [6, 6.07) is 1.77. The summed E-state index contributed by atoms with van der Waals surface area (Å²) < 4.78 is 1.64. The number of aryl methyl sites for hydroxylation is 1. The maximum atomic E-state index is 12.6. The van der Waals surface area contributed by atoms with E-state index >= 15 is 0 Å². The Morgan fingerprint density at radius 1 is 1.31 bits per heavy atom. The Morgan fingerprint density at radius 2 is 2.04 bits per heavy atom. The molecule has 0 aromatic carbocycles. The summed E-state index contributed by atoms with van der Waals surface area (Å²) in [7, 11) is 1.80. The van der Waals surface area contributed by atoms with Gasteiger partial charge in [-0.25, -0.2) is 0 Å². The molecule has 26 heavy (non-hydrogen) atoms. The first-order chi connectivity index (χ1) is 12.4. The van der Waals surface area contributed by atoms with E-state index in [2.05, 4.69) is 24.3 Å². The third kappa shape index (κ3) is 4.65. The van der Waals surface area contributed by atoms with Crippen LogP contribution in [0.25, 0.3) is 0 Å². The van der Waals surface area contributed by atoms with Crippen LogP contribution < -0.4 is 5.32 Å². The third-order valence-electron chi connectivity index (χ3n) is 5.53. The van der Waals surface area contributed by atoms with E-state index < -0.39 is 0 Å². The molecule has 2 heterocycles. The van der Waals surface area contributed by atoms with Gasteiger partial charge in [-0.05, 0) is 37.2 Å². The molecular weight excluding hydrogens is 328 g/mol. The molecule has 6 nitrogen and oxygen atoms in total. The molecule has 2 amide bonds. The lowest BCUT2D eigenvalue weighted by molar-refractivity contribution is -0.128. The highest BCUT2D eigenvalue weighted by Gasteiger charge is 2.32. The van der Waals surface area contributed by atoms with Crippen LogP contribution in [0.2, 0.25) is 0 Å². The zero-order valence-corrected chi connectivity index (χ0v) is 16.3. The Balaban J connectivity index is 1.55. The normalized spacial score (nSPS) is 21.6. The van der Waals surface area contributed by atoms with E-state index in [4.69, 9.17) is 0 Å². The summed E-state index contributed by atoms with van der Waals surface area (Å²) in [4.78, 5) is 26.9. The minimum Gasteiger partial charge on any atom is -0.346 e. The maximum Gasteiger partial charge on any atom is 0.269 e. The first-order valence-corrected chi connectivity index (χ1v) is 10.0. The van der Waals surface area contributed by atoms with E-state index in [1.165, 1.54) is 32.1 Å². The van der Waals surface area contributed by atoms with Crippen LogP contribution in [0.3, 0.4) is 0 Å². The maximum absolute atomic E-state index is 12.6. The van der Waals surface area contributed by atoms with Crippen LogP contribution in [0.4, 0.5) is 0 Å². The number of carbonyl (C=O) groups is 2. The fraction of sp³-hybridized carbons (Fsp3) is 0.750. The average molecular weight is 361 g/mol. The minimum atomic E-state index is -0.132. The number of amides is 2. The minimum absolute atomic E-state index is 0.0953. The summed E-state index contributed by atoms with van der Waals surface area (Å²) in [6.45, 7) is 5.77. The number of hydrogen-bond donors (Lipinski definition) is 1. The smallest absolute Gasteiger partial charge is 0.269 e. The zero-order valence-electron chi connectivity index (χ0n) is 16.3. The van der Waals surface area contributed by atoms with Crippen molar-refractivity contribution in [3.63, 3.8) is 0 Å². The van der Waals surface area contributed by atoms with Crippen molar-refractivity contribution >= 4 is 11.8 Å². The molecule has 0 unspecified atom stereocenters.